The minimum absolute atomic E-state index is 0.190. The normalized spacial score (nSPS) is 11.5. The highest BCUT2D eigenvalue weighted by Gasteiger charge is 2.23. The molecular weight excluding hydrogens is 347 g/mol. The zero-order valence-corrected chi connectivity index (χ0v) is 15.1. The molecule has 1 aromatic rings. The molecule has 22 heavy (non-hydrogen) atoms. The maximum atomic E-state index is 12.0. The Kier molecular flexibility index (Phi) is 6.97. The third-order valence-electron chi connectivity index (χ3n) is 2.91. The van der Waals surface area contributed by atoms with Crippen LogP contribution in [0.2, 0.25) is 10.0 Å². The number of carbonyl (C=O) groups is 1. The third-order valence-corrected chi connectivity index (χ3v) is 4.59. The third kappa shape index (κ3) is 6.02. The number of sulfonamides is 1. The quantitative estimate of drug-likeness (QED) is 0.806. The summed E-state index contributed by atoms with van der Waals surface area (Å²) in [5, 5.41) is 3.25. The lowest BCUT2D eigenvalue weighted by Crippen LogP contribution is -2.41. The smallest absolute Gasteiger partial charge is 0.240 e. The predicted molar refractivity (Wildman–Crippen MR) is 91.1 cm³/mol. The van der Waals surface area contributed by atoms with Crippen molar-refractivity contribution in [2.75, 3.05) is 23.7 Å². The van der Waals surface area contributed by atoms with Crippen molar-refractivity contribution < 1.29 is 13.2 Å². The van der Waals surface area contributed by atoms with Crippen molar-refractivity contribution in [3.63, 3.8) is 0 Å². The van der Waals surface area contributed by atoms with Crippen molar-refractivity contribution in [3.8, 4) is 0 Å². The fraction of sp³-hybridized carbons (Fsp3) is 0.500. The molecule has 5 nitrogen and oxygen atoms in total. The van der Waals surface area contributed by atoms with Gasteiger partial charge in [0.15, 0.2) is 0 Å². The van der Waals surface area contributed by atoms with Gasteiger partial charge in [0.25, 0.3) is 0 Å². The highest BCUT2D eigenvalue weighted by atomic mass is 35.5. The van der Waals surface area contributed by atoms with E-state index in [0.29, 0.717) is 17.5 Å². The van der Waals surface area contributed by atoms with Gasteiger partial charge in [0.05, 0.1) is 17.0 Å². The standard InChI is InChI=1S/C14H20Cl2N2O3S/c1-10(2)6-7-17-14(19)9-18(22(3,20)21)13-8-11(15)4-5-12(13)16/h4-5,8,10H,6-7,9H2,1-3H3,(H,17,19). The number of hydrogen-bond donors (Lipinski definition) is 1. The number of halogens is 2. The molecule has 1 N–H and O–H groups in total. The van der Waals surface area contributed by atoms with Crippen LogP contribution in [0.15, 0.2) is 18.2 Å². The van der Waals surface area contributed by atoms with Gasteiger partial charge < -0.3 is 5.32 Å². The highest BCUT2D eigenvalue weighted by molar-refractivity contribution is 7.92. The van der Waals surface area contributed by atoms with E-state index >= 15 is 0 Å². The van der Waals surface area contributed by atoms with Gasteiger partial charge in [-0.15, -0.1) is 0 Å². The lowest BCUT2D eigenvalue weighted by atomic mass is 10.1. The Bertz CT molecular complexity index is 633. The minimum atomic E-state index is -3.66. The maximum Gasteiger partial charge on any atom is 0.240 e. The van der Waals surface area contributed by atoms with Crippen molar-refractivity contribution in [1.82, 2.24) is 5.32 Å². The van der Waals surface area contributed by atoms with Gasteiger partial charge in [-0.1, -0.05) is 37.0 Å². The van der Waals surface area contributed by atoms with Crippen LogP contribution >= 0.6 is 23.2 Å². The Morgan fingerprint density at radius 1 is 1.32 bits per heavy atom. The first-order chi connectivity index (χ1) is 10.1. The molecule has 0 aliphatic heterocycles. The van der Waals surface area contributed by atoms with Crippen LogP contribution in [-0.2, 0) is 14.8 Å². The number of amides is 1. The number of benzene rings is 1. The maximum absolute atomic E-state index is 12.0. The number of rotatable bonds is 7. The number of carbonyl (C=O) groups excluding carboxylic acids is 1. The first kappa shape index (κ1) is 19.1. The molecule has 0 bridgehead atoms. The highest BCUT2D eigenvalue weighted by Crippen LogP contribution is 2.30. The molecule has 1 amide bonds. The van der Waals surface area contributed by atoms with Crippen molar-refractivity contribution in [2.24, 2.45) is 5.92 Å². The second-order valence-corrected chi connectivity index (χ2v) is 8.15. The molecule has 0 fully saturated rings. The summed E-state index contributed by atoms with van der Waals surface area (Å²) in [5.74, 6) is 0.0656. The van der Waals surface area contributed by atoms with E-state index in [2.05, 4.69) is 5.32 Å². The Labute approximate surface area is 141 Å². The summed E-state index contributed by atoms with van der Waals surface area (Å²) in [6, 6.07) is 4.47. The molecule has 0 spiro atoms. The molecule has 1 aromatic carbocycles. The van der Waals surface area contributed by atoms with Gasteiger partial charge in [0, 0.05) is 11.6 Å². The predicted octanol–water partition coefficient (Wildman–Crippen LogP) is 2.92. The van der Waals surface area contributed by atoms with Crippen LogP contribution in [0.3, 0.4) is 0 Å². The van der Waals surface area contributed by atoms with Crippen molar-refractivity contribution in [3.05, 3.63) is 28.2 Å². The van der Waals surface area contributed by atoms with Crippen LogP contribution in [0.1, 0.15) is 20.3 Å². The van der Waals surface area contributed by atoms with E-state index in [1.165, 1.54) is 12.1 Å². The largest absolute Gasteiger partial charge is 0.355 e. The topological polar surface area (TPSA) is 66.5 Å². The molecule has 0 aromatic heterocycles. The summed E-state index contributed by atoms with van der Waals surface area (Å²) in [6.07, 6.45) is 1.84. The SMILES string of the molecule is CC(C)CCNC(=O)CN(c1cc(Cl)ccc1Cl)S(C)(=O)=O. The number of nitrogens with zero attached hydrogens (tertiary/aromatic N) is 1. The van der Waals surface area contributed by atoms with Crippen molar-refractivity contribution >= 4 is 44.8 Å². The number of hydrogen-bond acceptors (Lipinski definition) is 3. The van der Waals surface area contributed by atoms with Crippen LogP contribution < -0.4 is 9.62 Å². The van der Waals surface area contributed by atoms with Gasteiger partial charge >= 0.3 is 0 Å². The van der Waals surface area contributed by atoms with Crippen LogP contribution in [0.5, 0.6) is 0 Å². The Balaban J connectivity index is 2.92. The molecule has 124 valence electrons. The van der Waals surface area contributed by atoms with Crippen molar-refractivity contribution in [1.29, 1.82) is 0 Å². The number of nitrogens with one attached hydrogen (secondary N) is 1. The summed E-state index contributed by atoms with van der Waals surface area (Å²) < 4.78 is 24.9. The van der Waals surface area contributed by atoms with Crippen LogP contribution in [0, 0.1) is 5.92 Å². The van der Waals surface area contributed by atoms with Gasteiger partial charge in [0.1, 0.15) is 6.54 Å². The molecule has 0 unspecified atom stereocenters. The van der Waals surface area contributed by atoms with Gasteiger partial charge in [-0.2, -0.15) is 0 Å². The lowest BCUT2D eigenvalue weighted by molar-refractivity contribution is -0.119. The first-order valence-corrected chi connectivity index (χ1v) is 9.41. The fourth-order valence-corrected chi connectivity index (χ4v) is 3.04. The van der Waals surface area contributed by atoms with E-state index in [1.54, 1.807) is 6.07 Å². The van der Waals surface area contributed by atoms with E-state index in [1.807, 2.05) is 13.8 Å². The van der Waals surface area contributed by atoms with Gasteiger partial charge in [0.2, 0.25) is 15.9 Å². The molecule has 0 aliphatic rings. The lowest BCUT2D eigenvalue weighted by Gasteiger charge is -2.23. The summed E-state index contributed by atoms with van der Waals surface area (Å²) in [6.45, 7) is 4.25. The van der Waals surface area contributed by atoms with E-state index in [-0.39, 0.29) is 23.2 Å². The van der Waals surface area contributed by atoms with E-state index in [4.69, 9.17) is 23.2 Å². The van der Waals surface area contributed by atoms with Crippen LogP contribution in [0.25, 0.3) is 0 Å². The minimum Gasteiger partial charge on any atom is -0.355 e. The Morgan fingerprint density at radius 2 is 1.95 bits per heavy atom. The van der Waals surface area contributed by atoms with Gasteiger partial charge in [-0.05, 0) is 30.5 Å². The first-order valence-electron chi connectivity index (χ1n) is 6.80. The monoisotopic (exact) mass is 366 g/mol. The van der Waals surface area contributed by atoms with E-state index in [9.17, 15) is 13.2 Å². The summed E-state index contributed by atoms with van der Waals surface area (Å²) in [5.41, 5.74) is 0.190. The molecule has 0 aliphatic carbocycles. The van der Waals surface area contributed by atoms with Crippen LogP contribution in [-0.4, -0.2) is 33.7 Å². The van der Waals surface area contributed by atoms with E-state index in [0.717, 1.165) is 17.0 Å². The average molecular weight is 367 g/mol. The summed E-state index contributed by atoms with van der Waals surface area (Å²) in [4.78, 5) is 12.0. The average Bonchev–Trinajstić information content (AvgIpc) is 2.37. The molecule has 0 saturated carbocycles. The van der Waals surface area contributed by atoms with Crippen molar-refractivity contribution in [2.45, 2.75) is 20.3 Å². The summed E-state index contributed by atoms with van der Waals surface area (Å²) in [7, 11) is -3.66. The van der Waals surface area contributed by atoms with Gasteiger partial charge in [-0.3, -0.25) is 9.10 Å². The Morgan fingerprint density at radius 3 is 2.50 bits per heavy atom. The molecule has 0 heterocycles. The molecule has 1 rings (SSSR count). The second kappa shape index (κ2) is 8.04. The van der Waals surface area contributed by atoms with Gasteiger partial charge in [-0.25, -0.2) is 8.42 Å². The molecule has 0 saturated heterocycles. The Hall–Kier alpha value is -0.980. The molecule has 0 radical (unpaired) electrons. The zero-order chi connectivity index (χ0) is 16.9. The molecule has 8 heteroatoms. The number of anilines is 1. The fourth-order valence-electron chi connectivity index (χ4n) is 1.74. The molecular formula is C14H20Cl2N2O3S. The molecule has 0 atom stereocenters. The van der Waals surface area contributed by atoms with Crippen LogP contribution in [0.4, 0.5) is 5.69 Å². The summed E-state index contributed by atoms with van der Waals surface area (Å²) >= 11 is 11.9. The van der Waals surface area contributed by atoms with E-state index < -0.39 is 10.0 Å². The zero-order valence-electron chi connectivity index (χ0n) is 12.8. The second-order valence-electron chi connectivity index (χ2n) is 5.40.